The molecule has 3 aromatic heterocycles. The summed E-state index contributed by atoms with van der Waals surface area (Å²) in [5.74, 6) is 1.36. The molecule has 2 aliphatic rings. The number of rotatable bonds is 7. The highest BCUT2D eigenvalue weighted by atomic mass is 35.5. The van der Waals surface area contributed by atoms with Gasteiger partial charge in [-0.2, -0.15) is 13.2 Å². The van der Waals surface area contributed by atoms with Crippen molar-refractivity contribution in [1.82, 2.24) is 29.4 Å². The number of nitrogens with two attached hydrogens (primary N) is 1. The predicted molar refractivity (Wildman–Crippen MR) is 144 cm³/mol. The van der Waals surface area contributed by atoms with Gasteiger partial charge in [-0.05, 0) is 63.3 Å². The maximum Gasteiger partial charge on any atom is 0.417 e. The Bertz CT molecular complexity index is 1550. The number of H-pyrrole nitrogens is 1. The first-order valence-electron chi connectivity index (χ1n) is 13.4. The minimum absolute atomic E-state index is 0.102. The summed E-state index contributed by atoms with van der Waals surface area (Å²) in [5.41, 5.74) is 4.87. The van der Waals surface area contributed by atoms with Gasteiger partial charge in [-0.3, -0.25) is 0 Å². The van der Waals surface area contributed by atoms with Gasteiger partial charge in [-0.25, -0.2) is 15.0 Å². The molecule has 40 heavy (non-hydrogen) atoms. The molecule has 2 saturated carbocycles. The van der Waals surface area contributed by atoms with E-state index in [9.17, 15) is 23.4 Å². The highest BCUT2D eigenvalue weighted by molar-refractivity contribution is 6.32. The molecule has 0 unspecified atom stereocenters. The zero-order chi connectivity index (χ0) is 28.4. The number of aromatic nitrogens is 5. The number of fused-ring (bicyclic) bond motifs is 2. The number of alkyl halides is 3. The molecule has 1 aromatic carbocycles. The van der Waals surface area contributed by atoms with Crippen molar-refractivity contribution >= 4 is 39.5 Å². The van der Waals surface area contributed by atoms with Crippen molar-refractivity contribution in [3.8, 4) is 0 Å². The molecule has 0 saturated heterocycles. The largest absolute Gasteiger partial charge is 0.417 e. The van der Waals surface area contributed by atoms with Crippen molar-refractivity contribution in [3.63, 3.8) is 0 Å². The normalized spacial score (nSPS) is 27.2. The average Bonchev–Trinajstić information content (AvgIpc) is 3.55. The molecule has 0 spiro atoms. The van der Waals surface area contributed by atoms with Crippen LogP contribution in [0.15, 0.2) is 30.7 Å². The third-order valence-corrected chi connectivity index (χ3v) is 9.12. The number of imidazole rings is 1. The van der Waals surface area contributed by atoms with Crippen LogP contribution in [0.25, 0.3) is 22.1 Å². The smallest absolute Gasteiger partial charge is 0.388 e. The monoisotopic (exact) mass is 577 g/mol. The fourth-order valence-corrected chi connectivity index (χ4v) is 6.66. The highest BCUT2D eigenvalue weighted by Gasteiger charge is 2.49. The van der Waals surface area contributed by atoms with Crippen molar-refractivity contribution in [2.45, 2.75) is 62.6 Å². The zero-order valence-corrected chi connectivity index (χ0v) is 22.6. The van der Waals surface area contributed by atoms with Crippen LogP contribution in [0.2, 0.25) is 5.02 Å². The van der Waals surface area contributed by atoms with Crippen LogP contribution in [0.1, 0.15) is 43.5 Å². The van der Waals surface area contributed by atoms with Crippen molar-refractivity contribution in [3.05, 3.63) is 47.1 Å². The number of hydrogen-bond donors (Lipinski definition) is 4. The van der Waals surface area contributed by atoms with Gasteiger partial charge in [-0.15, -0.1) is 0 Å². The summed E-state index contributed by atoms with van der Waals surface area (Å²) < 4.78 is 41.1. The third kappa shape index (κ3) is 4.70. The van der Waals surface area contributed by atoms with Crippen LogP contribution >= 0.6 is 11.6 Å². The summed E-state index contributed by atoms with van der Waals surface area (Å²) in [6, 6.07) is 4.40. The maximum atomic E-state index is 13.2. The van der Waals surface area contributed by atoms with E-state index >= 15 is 0 Å². The number of nitrogens with zero attached hydrogens (tertiary/aromatic N) is 5. The standard InChI is InChI=1S/C27H31ClF3N7O2/c1-37(12-15-4-6-26(40,23(15)39)38-7-5-17-24(32)33-13-34-25(17)38)16-8-14(9-16)2-3-22-35-20-10-18(27(29,30)31)19(28)11-21(20)36-22/h5,7,10-11,13-16,23,39-40H,2-4,6,8-9,12H2,1H3,(H,35,36)(H2,32,33,34)/t14?,15-,16?,23-,26-/m1/s1. The van der Waals surface area contributed by atoms with Gasteiger partial charge in [0.2, 0.25) is 0 Å². The van der Waals surface area contributed by atoms with E-state index in [0.717, 1.165) is 25.3 Å². The molecule has 0 aliphatic heterocycles. The minimum Gasteiger partial charge on any atom is -0.388 e. The molecule has 3 heterocycles. The first-order chi connectivity index (χ1) is 18.9. The van der Waals surface area contributed by atoms with Crippen LogP contribution in [0.5, 0.6) is 0 Å². The van der Waals surface area contributed by atoms with E-state index in [-0.39, 0.29) is 10.9 Å². The second kappa shape index (κ2) is 9.86. The lowest BCUT2D eigenvalue weighted by Crippen LogP contribution is -2.48. The van der Waals surface area contributed by atoms with E-state index in [1.165, 1.54) is 12.4 Å². The number of benzene rings is 1. The number of aryl methyl sites for hydroxylation is 1. The van der Waals surface area contributed by atoms with Crippen LogP contribution in [-0.2, 0) is 18.3 Å². The Morgan fingerprint density at radius 3 is 2.80 bits per heavy atom. The van der Waals surface area contributed by atoms with Crippen LogP contribution in [0.4, 0.5) is 19.0 Å². The lowest BCUT2D eigenvalue weighted by atomic mass is 9.76. The maximum absolute atomic E-state index is 13.2. The van der Waals surface area contributed by atoms with Crippen LogP contribution in [0, 0.1) is 11.8 Å². The molecule has 5 N–H and O–H groups in total. The number of aliphatic hydroxyl groups is 2. The summed E-state index contributed by atoms with van der Waals surface area (Å²) in [4.78, 5) is 18.0. The van der Waals surface area contributed by atoms with E-state index in [4.69, 9.17) is 17.3 Å². The molecule has 3 atom stereocenters. The van der Waals surface area contributed by atoms with E-state index < -0.39 is 23.6 Å². The first kappa shape index (κ1) is 27.3. The number of nitrogens with one attached hydrogen (secondary N) is 1. The van der Waals surface area contributed by atoms with E-state index in [2.05, 4.69) is 24.8 Å². The number of aliphatic hydroxyl groups excluding tert-OH is 1. The second-order valence-corrected chi connectivity index (χ2v) is 11.7. The van der Waals surface area contributed by atoms with Crippen molar-refractivity contribution in [1.29, 1.82) is 0 Å². The van der Waals surface area contributed by atoms with Gasteiger partial charge in [0.05, 0.1) is 27.0 Å². The van der Waals surface area contributed by atoms with Crippen LogP contribution < -0.4 is 5.73 Å². The summed E-state index contributed by atoms with van der Waals surface area (Å²) in [6.07, 6.45) is 2.15. The molecule has 2 aliphatic carbocycles. The van der Waals surface area contributed by atoms with Gasteiger partial charge < -0.3 is 30.4 Å². The number of halogens is 4. The van der Waals surface area contributed by atoms with Gasteiger partial charge >= 0.3 is 6.18 Å². The Morgan fingerprint density at radius 2 is 2.05 bits per heavy atom. The molecule has 4 aromatic rings. The van der Waals surface area contributed by atoms with Crippen molar-refractivity contribution < 1.29 is 23.4 Å². The Hall–Kier alpha value is -2.93. The summed E-state index contributed by atoms with van der Waals surface area (Å²) in [6.45, 7) is 0.656. The van der Waals surface area contributed by atoms with E-state index in [1.54, 1.807) is 16.8 Å². The Kier molecular flexibility index (Phi) is 6.72. The quantitative estimate of drug-likeness (QED) is 0.257. The van der Waals surface area contributed by atoms with Gasteiger partial charge in [0, 0.05) is 31.1 Å². The molecule has 6 rings (SSSR count). The lowest BCUT2D eigenvalue weighted by molar-refractivity contribution is -0.137. The Labute approximate surface area is 233 Å². The third-order valence-electron chi connectivity index (χ3n) is 8.80. The highest BCUT2D eigenvalue weighted by Crippen LogP contribution is 2.43. The number of anilines is 1. The van der Waals surface area contributed by atoms with Gasteiger partial charge in [-0.1, -0.05) is 11.6 Å². The molecule has 0 bridgehead atoms. The molecule has 0 amide bonds. The number of hydrogen-bond acceptors (Lipinski definition) is 7. The molecular weight excluding hydrogens is 547 g/mol. The second-order valence-electron chi connectivity index (χ2n) is 11.3. The van der Waals surface area contributed by atoms with Crippen LogP contribution in [-0.4, -0.2) is 65.4 Å². The average molecular weight is 578 g/mol. The molecule has 0 radical (unpaired) electrons. The first-order valence-corrected chi connectivity index (χ1v) is 13.8. The molecular formula is C27H31ClF3N7O2. The van der Waals surface area contributed by atoms with Crippen molar-refractivity contribution in [2.24, 2.45) is 11.8 Å². The van der Waals surface area contributed by atoms with E-state index in [1.807, 2.05) is 7.05 Å². The number of aromatic amines is 1. The fraction of sp³-hybridized carbons (Fsp3) is 0.519. The molecule has 9 nitrogen and oxygen atoms in total. The Morgan fingerprint density at radius 1 is 1.27 bits per heavy atom. The number of nitrogen functional groups attached to an aromatic ring is 1. The summed E-state index contributed by atoms with van der Waals surface area (Å²) in [7, 11) is 2.05. The molecule has 13 heteroatoms. The topological polar surface area (TPSA) is 129 Å². The summed E-state index contributed by atoms with van der Waals surface area (Å²) >= 11 is 5.82. The minimum atomic E-state index is -4.52. The van der Waals surface area contributed by atoms with Gasteiger partial charge in [0.25, 0.3) is 0 Å². The zero-order valence-electron chi connectivity index (χ0n) is 21.9. The molecule has 214 valence electrons. The fourth-order valence-electron chi connectivity index (χ4n) is 6.39. The predicted octanol–water partition coefficient (Wildman–Crippen LogP) is 4.32. The lowest BCUT2D eigenvalue weighted by Gasteiger charge is -2.43. The van der Waals surface area contributed by atoms with E-state index in [0.29, 0.717) is 71.5 Å². The Balaban J connectivity index is 1.02. The van der Waals surface area contributed by atoms with Gasteiger partial charge in [0.15, 0.2) is 5.72 Å². The molecule has 2 fully saturated rings. The van der Waals surface area contributed by atoms with Crippen molar-refractivity contribution in [2.75, 3.05) is 19.3 Å². The van der Waals surface area contributed by atoms with Crippen LogP contribution in [0.3, 0.4) is 0 Å². The summed E-state index contributed by atoms with van der Waals surface area (Å²) in [5, 5.41) is 22.9. The van der Waals surface area contributed by atoms with Gasteiger partial charge in [0.1, 0.15) is 29.7 Å². The SMILES string of the molecule is CN(C[C@H]1CC[C@](O)(n2ccc3c(N)ncnc32)[C@@H]1O)C1CC(CCc2nc3cc(Cl)c(C(F)(F)F)cc3[nH]2)C1.